The third-order valence-corrected chi connectivity index (χ3v) is 16.5. The largest absolute Gasteiger partial charge is 2.00 e. The van der Waals surface area contributed by atoms with Crippen molar-refractivity contribution in [1.29, 1.82) is 0 Å². The summed E-state index contributed by atoms with van der Waals surface area (Å²) >= 11 is 7.38. The fourth-order valence-corrected chi connectivity index (χ4v) is 12.0. The van der Waals surface area contributed by atoms with Crippen LogP contribution < -0.4 is 19.4 Å². The number of hydrogen-bond acceptors (Lipinski definition) is 4. The Morgan fingerprint density at radius 2 is 0.857 bits per heavy atom. The molecule has 0 bridgehead atoms. The van der Waals surface area contributed by atoms with Crippen LogP contribution in [-0.2, 0) is 29.3 Å². The van der Waals surface area contributed by atoms with Crippen LogP contribution in [0.3, 0.4) is 0 Å². The zero-order chi connectivity index (χ0) is 53.1. The zero-order valence-electron chi connectivity index (χ0n) is 45.5. The minimum atomic E-state index is 0. The SMILES string of the molecule is COc1ccc2c(c1)CCC1=C/C(=C/c3[n-]c(-c4ccc(C(C)C)cc4C(C)C)c4ccc(Br)cc34)N=C12.COc1ccc2c(c1)CCC1=C/C(=C\c3[n-]c(-c4ccc(C(C)C)cc4C(C)C)c4ccc(Br)cc34)N=C12.[Ni+2]. The normalized spacial score (nSPS) is 15.5. The van der Waals surface area contributed by atoms with Crippen LogP contribution in [0, 0.1) is 0 Å². The number of aliphatic imine (C=N–C) groups is 2. The van der Waals surface area contributed by atoms with Gasteiger partial charge in [0.25, 0.3) is 0 Å². The van der Waals surface area contributed by atoms with Gasteiger partial charge in [0.1, 0.15) is 11.5 Å². The van der Waals surface area contributed by atoms with Gasteiger partial charge in [-0.05, 0) is 199 Å². The maximum atomic E-state index is 5.44. The second-order valence-corrected chi connectivity index (χ2v) is 23.7. The summed E-state index contributed by atoms with van der Waals surface area (Å²) in [6.45, 7) is 18.1. The fraction of sp³-hybridized carbons (Fsp3) is 0.265. The van der Waals surface area contributed by atoms with Crippen molar-refractivity contribution in [3.05, 3.63) is 209 Å². The van der Waals surface area contributed by atoms with Crippen LogP contribution in [0.25, 0.3) is 56.2 Å². The van der Waals surface area contributed by atoms with Crippen LogP contribution >= 0.6 is 31.9 Å². The van der Waals surface area contributed by atoms with E-state index in [9.17, 15) is 0 Å². The van der Waals surface area contributed by atoms with E-state index in [1.54, 1.807) is 14.2 Å². The summed E-state index contributed by atoms with van der Waals surface area (Å²) in [4.78, 5) is 20.7. The molecule has 77 heavy (non-hydrogen) atoms. The average molecular weight is 1190 g/mol. The molecule has 0 saturated heterocycles. The van der Waals surface area contributed by atoms with Gasteiger partial charge in [0.2, 0.25) is 0 Å². The van der Waals surface area contributed by atoms with Crippen LogP contribution in [0.1, 0.15) is 148 Å². The third-order valence-electron chi connectivity index (χ3n) is 15.5. The van der Waals surface area contributed by atoms with E-state index in [0.717, 1.165) is 102 Å². The summed E-state index contributed by atoms with van der Waals surface area (Å²) in [5, 5.41) is 4.63. The van der Waals surface area contributed by atoms with E-state index in [1.165, 1.54) is 77.6 Å². The molecule has 6 nitrogen and oxygen atoms in total. The number of nitrogens with zero attached hydrogens (tertiary/aromatic N) is 4. The van der Waals surface area contributed by atoms with Crippen LogP contribution in [0.5, 0.6) is 11.5 Å². The number of rotatable bonds is 10. The Hall–Kier alpha value is -6.25. The summed E-state index contributed by atoms with van der Waals surface area (Å²) in [6.07, 6.45) is 12.8. The molecule has 2 aromatic heterocycles. The Balaban J connectivity index is 0.000000172. The van der Waals surface area contributed by atoms with Gasteiger partial charge in [0.05, 0.1) is 37.0 Å². The minimum Gasteiger partial charge on any atom is -0.656 e. The van der Waals surface area contributed by atoms with E-state index < -0.39 is 0 Å². The first kappa shape index (κ1) is 54.1. The summed E-state index contributed by atoms with van der Waals surface area (Å²) in [6, 6.07) is 39.4. The van der Waals surface area contributed by atoms with Gasteiger partial charge in [-0.1, -0.05) is 148 Å². The van der Waals surface area contributed by atoms with Gasteiger partial charge in [-0.2, -0.15) is 0 Å². The molecule has 12 rings (SSSR count). The molecule has 0 spiro atoms. The summed E-state index contributed by atoms with van der Waals surface area (Å²) < 4.78 is 13.0. The number of halogens is 2. The van der Waals surface area contributed by atoms with Crippen molar-refractivity contribution in [3.8, 4) is 34.0 Å². The second kappa shape index (κ2) is 22.2. The van der Waals surface area contributed by atoms with Crippen molar-refractivity contribution in [2.45, 2.75) is 105 Å². The van der Waals surface area contributed by atoms with Crippen molar-refractivity contribution in [3.63, 3.8) is 0 Å². The van der Waals surface area contributed by atoms with Gasteiger partial charge in [0.15, 0.2) is 0 Å². The number of aryl methyl sites for hydroxylation is 2. The maximum Gasteiger partial charge on any atom is 2.00 e. The molecule has 0 N–H and O–H groups in total. The van der Waals surface area contributed by atoms with Gasteiger partial charge >= 0.3 is 16.5 Å². The fourth-order valence-electron chi connectivity index (χ4n) is 11.3. The summed E-state index contributed by atoms with van der Waals surface area (Å²) in [5.74, 6) is 3.59. The van der Waals surface area contributed by atoms with E-state index in [-0.39, 0.29) is 16.5 Å². The van der Waals surface area contributed by atoms with Crippen molar-refractivity contribution in [1.82, 2.24) is 9.97 Å². The average Bonchev–Trinajstić information content (AvgIpc) is 4.22. The monoisotopic (exact) mass is 1180 g/mol. The van der Waals surface area contributed by atoms with Gasteiger partial charge < -0.3 is 19.4 Å². The molecule has 2 aliphatic carbocycles. The van der Waals surface area contributed by atoms with Crippen LogP contribution in [0.2, 0.25) is 0 Å². The molecule has 4 aliphatic rings. The van der Waals surface area contributed by atoms with E-state index >= 15 is 0 Å². The maximum absolute atomic E-state index is 5.44. The van der Waals surface area contributed by atoms with Gasteiger partial charge in [-0.3, -0.25) is 0 Å². The Labute approximate surface area is 481 Å². The van der Waals surface area contributed by atoms with E-state index in [4.69, 9.17) is 29.4 Å². The predicted molar refractivity (Wildman–Crippen MR) is 325 cm³/mol. The number of allylic oxidation sites excluding steroid dienone is 4. The Morgan fingerprint density at radius 3 is 1.23 bits per heavy atom. The molecule has 4 heterocycles. The standard InChI is InChI=1S/2C34H32BrN2O.Ni/c2*1-19(2)21-8-11-28(30(16-21)20(3)4)34-29-12-9-24(35)17-31(29)32(37-34)18-25-14-23-7-6-22-15-26(38-5)10-13-27(22)33(23)36-25;/h2*8-20H,6-7H2,1-5H3;/q2*-1;+2/b25-18+;25-18-;. The first-order valence-electron chi connectivity index (χ1n) is 26.8. The van der Waals surface area contributed by atoms with E-state index in [1.807, 2.05) is 12.1 Å². The van der Waals surface area contributed by atoms with Crippen LogP contribution in [-0.4, -0.2) is 25.6 Å². The van der Waals surface area contributed by atoms with Crippen molar-refractivity contribution >= 4 is 77.0 Å². The number of methoxy groups -OCH3 is 2. The molecular weight excluding hydrogens is 1120 g/mol. The molecular formula is C68H64Br2N4NiO2. The Bertz CT molecular complexity index is 3590. The topological polar surface area (TPSA) is 71.4 Å². The molecule has 0 atom stereocenters. The number of fused-ring (bicyclic) bond motifs is 8. The van der Waals surface area contributed by atoms with Gasteiger partial charge in [-0.25, -0.2) is 9.98 Å². The summed E-state index contributed by atoms with van der Waals surface area (Å²) in [5.41, 5.74) is 23.6. The number of hydrogen-bond donors (Lipinski definition) is 0. The molecule has 0 amide bonds. The first-order chi connectivity index (χ1) is 36.6. The Kier molecular flexibility index (Phi) is 15.6. The first-order valence-corrected chi connectivity index (χ1v) is 28.4. The Morgan fingerprint density at radius 1 is 0.455 bits per heavy atom. The molecule has 2 aliphatic heterocycles. The number of ether oxygens (including phenoxy) is 2. The second-order valence-electron chi connectivity index (χ2n) is 21.8. The molecule has 6 aromatic carbocycles. The van der Waals surface area contributed by atoms with Crippen molar-refractivity contribution in [2.24, 2.45) is 9.98 Å². The minimum absolute atomic E-state index is 0. The van der Waals surface area contributed by atoms with E-state index in [0.29, 0.717) is 23.7 Å². The number of benzene rings is 6. The summed E-state index contributed by atoms with van der Waals surface area (Å²) in [7, 11) is 3.44. The van der Waals surface area contributed by atoms with Crippen molar-refractivity contribution in [2.75, 3.05) is 14.2 Å². The molecule has 392 valence electrons. The van der Waals surface area contributed by atoms with Crippen molar-refractivity contribution < 1.29 is 26.0 Å². The molecule has 0 fully saturated rings. The third kappa shape index (κ3) is 10.6. The van der Waals surface area contributed by atoms with Gasteiger partial charge in [0, 0.05) is 20.1 Å². The quantitative estimate of drug-likeness (QED) is 0.128. The zero-order valence-corrected chi connectivity index (χ0v) is 49.7. The number of aromatic nitrogens is 2. The molecule has 0 unspecified atom stereocenters. The molecule has 0 radical (unpaired) electrons. The molecule has 9 heteroatoms. The molecule has 0 saturated carbocycles. The smallest absolute Gasteiger partial charge is 0.656 e. The predicted octanol–water partition coefficient (Wildman–Crippen LogP) is 18.4. The van der Waals surface area contributed by atoms with Gasteiger partial charge in [-0.15, -0.1) is 22.8 Å². The molecule has 8 aromatic rings. The van der Waals surface area contributed by atoms with Crippen LogP contribution in [0.15, 0.2) is 163 Å². The van der Waals surface area contributed by atoms with Crippen LogP contribution in [0.4, 0.5) is 0 Å². The van der Waals surface area contributed by atoms with E-state index in [2.05, 4.69) is 209 Å².